The van der Waals surface area contributed by atoms with Gasteiger partial charge in [0.15, 0.2) is 5.78 Å². The Morgan fingerprint density at radius 3 is 2.33 bits per heavy atom. The maximum Gasteiger partial charge on any atom is 0.323 e. The Hall–Kier alpha value is -5.15. The number of benzene rings is 3. The molecule has 0 aliphatic carbocycles. The second-order valence-electron chi connectivity index (χ2n) is 9.92. The van der Waals surface area contributed by atoms with Crippen LogP contribution in [0.15, 0.2) is 109 Å². The second-order valence-corrected chi connectivity index (χ2v) is 9.92. The summed E-state index contributed by atoms with van der Waals surface area (Å²) in [6.45, 7) is 3.30. The normalized spacial score (nSPS) is 14.7. The van der Waals surface area contributed by atoms with Crippen LogP contribution in [0, 0.1) is 6.92 Å². The number of nitrogens with one attached hydrogen (secondary N) is 2. The van der Waals surface area contributed by atoms with Crippen LogP contribution in [0.3, 0.4) is 0 Å². The number of hydrogen-bond acceptors (Lipinski definition) is 6. The third-order valence-electron chi connectivity index (χ3n) is 7.18. The van der Waals surface area contributed by atoms with E-state index in [1.165, 1.54) is 14.0 Å². The summed E-state index contributed by atoms with van der Waals surface area (Å²) < 4.78 is 5.56. The molecule has 0 aromatic heterocycles. The maximum atomic E-state index is 13.1. The first-order chi connectivity index (χ1) is 20.1. The first-order valence-electron chi connectivity index (χ1n) is 13.4. The number of aryl methyl sites for hydroxylation is 1. The number of anilines is 2. The lowest BCUT2D eigenvalue weighted by molar-refractivity contribution is -0.138. The minimum absolute atomic E-state index is 0.127. The molecule has 216 valence electrons. The summed E-state index contributed by atoms with van der Waals surface area (Å²) in [5, 5.41) is 15.2. The number of aliphatic carboxylic acids is 1. The summed E-state index contributed by atoms with van der Waals surface area (Å²) in [7, 11) is 1.47. The van der Waals surface area contributed by atoms with Crippen molar-refractivity contribution >= 4 is 29.2 Å². The number of nitrogens with two attached hydrogens (primary N) is 1. The number of ether oxygens (including phenoxy) is 1. The Kier molecular flexibility index (Phi) is 9.24. The molecule has 4 rings (SSSR count). The molecule has 9 nitrogen and oxygen atoms in total. The molecular formula is C33H34N4O5. The fourth-order valence-corrected chi connectivity index (χ4v) is 4.83. The van der Waals surface area contributed by atoms with Crippen LogP contribution in [0.1, 0.15) is 36.1 Å². The highest BCUT2D eigenvalue weighted by Gasteiger charge is 2.37. The van der Waals surface area contributed by atoms with Gasteiger partial charge in [-0.1, -0.05) is 60.7 Å². The van der Waals surface area contributed by atoms with Gasteiger partial charge in [-0.2, -0.15) is 0 Å². The number of carbonyl (C=O) groups is 3. The molecule has 0 saturated carbocycles. The number of carbonyl (C=O) groups excluding carboxylic acids is 2. The fourth-order valence-electron chi connectivity index (χ4n) is 4.83. The average Bonchev–Trinajstić information content (AvgIpc) is 3.24. The zero-order chi connectivity index (χ0) is 30.3. The van der Waals surface area contributed by atoms with Crippen molar-refractivity contribution in [1.82, 2.24) is 4.90 Å². The van der Waals surface area contributed by atoms with E-state index in [9.17, 15) is 19.5 Å². The van der Waals surface area contributed by atoms with Crippen LogP contribution in [0.2, 0.25) is 0 Å². The predicted molar refractivity (Wildman–Crippen MR) is 163 cm³/mol. The number of Topliss-reactive ketones (excluding diaryl/α,β-unsaturated/α-hetero) is 1. The van der Waals surface area contributed by atoms with Gasteiger partial charge < -0.3 is 31.1 Å². The molecule has 1 heterocycles. The van der Waals surface area contributed by atoms with Gasteiger partial charge in [0.2, 0.25) is 0 Å². The Labute approximate surface area is 245 Å². The molecule has 0 saturated heterocycles. The van der Waals surface area contributed by atoms with Crippen LogP contribution in [-0.4, -0.2) is 34.9 Å². The number of allylic oxidation sites excluding steroid dienone is 2. The Balaban J connectivity index is 1.61. The number of hydrogen-bond donors (Lipinski definition) is 4. The molecule has 1 aliphatic heterocycles. The SMILES string of the molecule is COc1cc(C(N)(C(C)=O)C2=CC=CN(C(CC(=O)O)c3ccccc3)C=C2)ccc1NC(=O)Nc1ccccc1C. The average molecular weight is 567 g/mol. The molecule has 2 atom stereocenters. The van der Waals surface area contributed by atoms with Crippen LogP contribution in [0.4, 0.5) is 16.2 Å². The molecule has 0 radical (unpaired) electrons. The molecule has 3 aromatic carbocycles. The zero-order valence-electron chi connectivity index (χ0n) is 23.7. The van der Waals surface area contributed by atoms with Gasteiger partial charge in [-0.05, 0) is 66.5 Å². The Morgan fingerprint density at radius 2 is 1.67 bits per heavy atom. The summed E-state index contributed by atoms with van der Waals surface area (Å²) in [5.74, 6) is -0.927. The summed E-state index contributed by atoms with van der Waals surface area (Å²) in [5.41, 5.74) is 9.07. The number of amides is 2. The van der Waals surface area contributed by atoms with Gasteiger partial charge >= 0.3 is 12.0 Å². The molecule has 1 aliphatic rings. The highest BCUT2D eigenvalue weighted by atomic mass is 16.5. The number of carboxylic acids is 1. The largest absolute Gasteiger partial charge is 0.495 e. The van der Waals surface area contributed by atoms with Gasteiger partial charge in [-0.25, -0.2) is 4.79 Å². The summed E-state index contributed by atoms with van der Waals surface area (Å²) >= 11 is 0. The third-order valence-corrected chi connectivity index (χ3v) is 7.18. The lowest BCUT2D eigenvalue weighted by atomic mass is 9.79. The first-order valence-corrected chi connectivity index (χ1v) is 13.4. The van der Waals surface area contributed by atoms with Crippen molar-refractivity contribution in [2.24, 2.45) is 5.73 Å². The topological polar surface area (TPSA) is 134 Å². The zero-order valence-corrected chi connectivity index (χ0v) is 23.7. The van der Waals surface area contributed by atoms with Crippen molar-refractivity contribution in [3.05, 3.63) is 126 Å². The number of urea groups is 1. The van der Waals surface area contributed by atoms with E-state index in [1.807, 2.05) is 55.5 Å². The van der Waals surface area contributed by atoms with Gasteiger partial charge in [0, 0.05) is 18.1 Å². The molecule has 0 spiro atoms. The van der Waals surface area contributed by atoms with Gasteiger partial charge in [0.25, 0.3) is 0 Å². The van der Waals surface area contributed by atoms with E-state index in [4.69, 9.17) is 10.5 Å². The lowest BCUT2D eigenvalue weighted by Gasteiger charge is -2.30. The minimum atomic E-state index is -1.55. The summed E-state index contributed by atoms with van der Waals surface area (Å²) in [6, 6.07) is 20.8. The summed E-state index contributed by atoms with van der Waals surface area (Å²) in [6.07, 6.45) is 8.54. The molecule has 3 aromatic rings. The van der Waals surface area contributed by atoms with E-state index >= 15 is 0 Å². The van der Waals surface area contributed by atoms with Crippen molar-refractivity contribution in [3.8, 4) is 5.75 Å². The number of nitrogens with zero attached hydrogens (tertiary/aromatic N) is 1. The van der Waals surface area contributed by atoms with Gasteiger partial charge in [-0.15, -0.1) is 0 Å². The van der Waals surface area contributed by atoms with E-state index in [0.717, 1.165) is 11.1 Å². The van der Waals surface area contributed by atoms with Crippen molar-refractivity contribution in [2.45, 2.75) is 31.8 Å². The lowest BCUT2D eigenvalue weighted by Crippen LogP contribution is -2.45. The van der Waals surface area contributed by atoms with E-state index in [2.05, 4.69) is 10.6 Å². The smallest absolute Gasteiger partial charge is 0.323 e. The van der Waals surface area contributed by atoms with Crippen molar-refractivity contribution in [1.29, 1.82) is 0 Å². The van der Waals surface area contributed by atoms with E-state index in [-0.39, 0.29) is 12.2 Å². The fraction of sp³-hybridized carbons (Fsp3) is 0.182. The predicted octanol–water partition coefficient (Wildman–Crippen LogP) is 5.88. The molecule has 0 fully saturated rings. The highest BCUT2D eigenvalue weighted by Crippen LogP contribution is 2.36. The number of carboxylic acid groups (broad SMARTS) is 1. The van der Waals surface area contributed by atoms with E-state index in [1.54, 1.807) is 59.8 Å². The molecule has 2 amide bonds. The maximum absolute atomic E-state index is 13.1. The van der Waals surface area contributed by atoms with Gasteiger partial charge in [0.05, 0.1) is 25.3 Å². The summed E-state index contributed by atoms with van der Waals surface area (Å²) in [4.78, 5) is 39.3. The number of para-hydroxylation sites is 1. The molecule has 0 bridgehead atoms. The van der Waals surface area contributed by atoms with Crippen molar-refractivity contribution in [3.63, 3.8) is 0 Å². The first kappa shape index (κ1) is 29.8. The van der Waals surface area contributed by atoms with Crippen molar-refractivity contribution in [2.75, 3.05) is 17.7 Å². The number of ketones is 1. The van der Waals surface area contributed by atoms with Gasteiger partial charge in [-0.3, -0.25) is 9.59 Å². The van der Waals surface area contributed by atoms with Gasteiger partial charge in [0.1, 0.15) is 11.3 Å². The van der Waals surface area contributed by atoms with Crippen molar-refractivity contribution < 1.29 is 24.2 Å². The molecule has 5 N–H and O–H groups in total. The molecule has 2 unspecified atom stereocenters. The third kappa shape index (κ3) is 6.59. The molecule has 42 heavy (non-hydrogen) atoms. The van der Waals surface area contributed by atoms with E-state index < -0.39 is 23.6 Å². The van der Waals surface area contributed by atoms with Crippen LogP contribution in [0.5, 0.6) is 5.75 Å². The molecular weight excluding hydrogens is 532 g/mol. The second kappa shape index (κ2) is 13.0. The monoisotopic (exact) mass is 566 g/mol. The quantitative estimate of drug-likeness (QED) is 0.241. The Bertz CT molecular complexity index is 1560. The van der Waals surface area contributed by atoms with Crippen LogP contribution < -0.4 is 21.1 Å². The van der Waals surface area contributed by atoms with Crippen LogP contribution in [-0.2, 0) is 15.1 Å². The number of rotatable bonds is 10. The van der Waals surface area contributed by atoms with Crippen LogP contribution in [0.25, 0.3) is 0 Å². The highest BCUT2D eigenvalue weighted by molar-refractivity contribution is 6.01. The number of methoxy groups -OCH3 is 1. The minimum Gasteiger partial charge on any atom is -0.495 e. The Morgan fingerprint density at radius 1 is 0.976 bits per heavy atom. The molecule has 9 heteroatoms. The standard InChI is InChI=1S/C33H34N4O5/c1-22-10-7-8-14-27(22)35-32(41)36-28-16-15-26(20-30(28)42-3)33(34,23(2)38)25-13-9-18-37(19-17-25)29(21-31(39)40)24-11-5-4-6-12-24/h4-20,29H,21,34H2,1-3H3,(H,39,40)(H2,35,36,41). The van der Waals surface area contributed by atoms with Crippen LogP contribution >= 0.6 is 0 Å². The van der Waals surface area contributed by atoms with E-state index in [0.29, 0.717) is 28.3 Å².